The zero-order valence-electron chi connectivity index (χ0n) is 12.6. The number of rotatable bonds is 4. The van der Waals surface area contributed by atoms with E-state index in [9.17, 15) is 9.59 Å². The highest BCUT2D eigenvalue weighted by molar-refractivity contribution is 6.31. The van der Waals surface area contributed by atoms with Crippen LogP contribution >= 0.6 is 11.6 Å². The molecule has 0 aliphatic rings. The number of carbonyl (C=O) groups is 2. The second-order valence-electron chi connectivity index (χ2n) is 4.75. The van der Waals surface area contributed by atoms with E-state index >= 15 is 0 Å². The van der Waals surface area contributed by atoms with E-state index in [2.05, 4.69) is 4.98 Å². The number of halogens is 1. The molecule has 2 heterocycles. The largest absolute Gasteiger partial charge is 0.462 e. The number of benzene rings is 1. The van der Waals surface area contributed by atoms with E-state index in [-0.39, 0.29) is 23.7 Å². The summed E-state index contributed by atoms with van der Waals surface area (Å²) in [5.74, 6) is -1.29. The second kappa shape index (κ2) is 6.72. The predicted molar refractivity (Wildman–Crippen MR) is 86.4 cm³/mol. The maximum atomic E-state index is 12.2. The lowest BCUT2D eigenvalue weighted by atomic mass is 10.1. The van der Waals surface area contributed by atoms with Gasteiger partial charge in [-0.1, -0.05) is 11.6 Å². The maximum Gasteiger partial charge on any atom is 0.379 e. The molecular weight excluding hydrogens is 334 g/mol. The Bertz CT molecular complexity index is 905. The van der Waals surface area contributed by atoms with Crippen molar-refractivity contribution in [2.75, 3.05) is 6.61 Å². The molecule has 0 saturated heterocycles. The van der Waals surface area contributed by atoms with Crippen LogP contribution in [0.5, 0.6) is 5.75 Å². The average molecular weight is 346 g/mol. The van der Waals surface area contributed by atoms with Crippen LogP contribution in [0.3, 0.4) is 0 Å². The van der Waals surface area contributed by atoms with Gasteiger partial charge in [0.15, 0.2) is 5.75 Å². The molecule has 122 valence electrons. The van der Waals surface area contributed by atoms with Gasteiger partial charge in [-0.15, -0.1) is 0 Å². The zero-order valence-corrected chi connectivity index (χ0v) is 13.4. The molecule has 0 aliphatic carbocycles. The van der Waals surface area contributed by atoms with Crippen molar-refractivity contribution in [3.8, 4) is 5.75 Å². The molecule has 3 rings (SSSR count). The molecule has 24 heavy (non-hydrogen) atoms. The third-order valence-electron chi connectivity index (χ3n) is 3.19. The molecule has 6 nitrogen and oxygen atoms in total. The van der Waals surface area contributed by atoms with Crippen LogP contribution in [0.25, 0.3) is 10.9 Å². The van der Waals surface area contributed by atoms with Gasteiger partial charge < -0.3 is 13.9 Å². The minimum atomic E-state index is -0.729. The standard InChI is InChI=1S/C17H12ClNO5/c1-2-22-16(20)12-9-19-13-8-10(18)5-6-11(13)15(12)24-17(21)14-4-3-7-23-14/h3-9H,2H2,1H3. The Morgan fingerprint density at radius 3 is 2.79 bits per heavy atom. The lowest BCUT2D eigenvalue weighted by Crippen LogP contribution is -2.13. The molecule has 0 atom stereocenters. The Labute approximate surface area is 141 Å². The Hall–Kier alpha value is -2.86. The van der Waals surface area contributed by atoms with Crippen LogP contribution in [-0.4, -0.2) is 23.5 Å². The summed E-state index contributed by atoms with van der Waals surface area (Å²) < 4.78 is 15.4. The van der Waals surface area contributed by atoms with Crippen molar-refractivity contribution < 1.29 is 23.5 Å². The molecule has 0 aliphatic heterocycles. The number of carbonyl (C=O) groups excluding carboxylic acids is 2. The molecule has 0 bridgehead atoms. The Morgan fingerprint density at radius 2 is 2.08 bits per heavy atom. The predicted octanol–water partition coefficient (Wildman–Crippen LogP) is 3.88. The molecule has 0 saturated carbocycles. The van der Waals surface area contributed by atoms with Gasteiger partial charge in [0.1, 0.15) is 5.56 Å². The summed E-state index contributed by atoms with van der Waals surface area (Å²) in [7, 11) is 0. The van der Waals surface area contributed by atoms with Crippen LogP contribution < -0.4 is 4.74 Å². The van der Waals surface area contributed by atoms with Gasteiger partial charge in [0.05, 0.1) is 18.4 Å². The number of nitrogens with zero attached hydrogens (tertiary/aromatic N) is 1. The number of hydrogen-bond donors (Lipinski definition) is 0. The van der Waals surface area contributed by atoms with Crippen LogP contribution in [-0.2, 0) is 4.74 Å². The number of fused-ring (bicyclic) bond motifs is 1. The first-order valence-electron chi connectivity index (χ1n) is 7.11. The fraction of sp³-hybridized carbons (Fsp3) is 0.118. The molecule has 2 aromatic heterocycles. The monoisotopic (exact) mass is 345 g/mol. The fourth-order valence-corrected chi connectivity index (χ4v) is 2.31. The highest BCUT2D eigenvalue weighted by atomic mass is 35.5. The molecule has 0 radical (unpaired) electrons. The van der Waals surface area contributed by atoms with E-state index in [1.54, 1.807) is 31.2 Å². The van der Waals surface area contributed by atoms with E-state index in [1.165, 1.54) is 18.5 Å². The van der Waals surface area contributed by atoms with Crippen LogP contribution in [0.4, 0.5) is 0 Å². The lowest BCUT2D eigenvalue weighted by Gasteiger charge is -2.11. The van der Waals surface area contributed by atoms with Crippen molar-refractivity contribution in [3.63, 3.8) is 0 Å². The van der Waals surface area contributed by atoms with Crippen molar-refractivity contribution >= 4 is 34.4 Å². The summed E-state index contributed by atoms with van der Waals surface area (Å²) in [5, 5.41) is 0.937. The van der Waals surface area contributed by atoms with Gasteiger partial charge in [-0.25, -0.2) is 9.59 Å². The molecular formula is C17H12ClNO5. The summed E-state index contributed by atoms with van der Waals surface area (Å²) >= 11 is 5.96. The molecule has 0 fully saturated rings. The minimum absolute atomic E-state index is 0.0173. The van der Waals surface area contributed by atoms with E-state index in [4.69, 9.17) is 25.5 Å². The van der Waals surface area contributed by atoms with E-state index in [0.29, 0.717) is 15.9 Å². The summed E-state index contributed by atoms with van der Waals surface area (Å²) in [4.78, 5) is 28.5. The number of esters is 2. The first kappa shape index (κ1) is 16.0. The summed E-state index contributed by atoms with van der Waals surface area (Å²) in [6, 6.07) is 7.87. The fourth-order valence-electron chi connectivity index (χ4n) is 2.14. The van der Waals surface area contributed by atoms with Gasteiger partial charge in [0, 0.05) is 16.6 Å². The molecule has 0 amide bonds. The van der Waals surface area contributed by atoms with Crippen LogP contribution in [0, 0.1) is 0 Å². The first-order valence-corrected chi connectivity index (χ1v) is 7.49. The number of hydrogen-bond acceptors (Lipinski definition) is 6. The molecule has 0 unspecified atom stereocenters. The quantitative estimate of drug-likeness (QED) is 0.668. The minimum Gasteiger partial charge on any atom is -0.462 e. The normalized spacial score (nSPS) is 10.6. The summed E-state index contributed by atoms with van der Waals surface area (Å²) in [6.07, 6.45) is 2.65. The zero-order chi connectivity index (χ0) is 17.1. The number of aromatic nitrogens is 1. The van der Waals surface area contributed by atoms with Gasteiger partial charge >= 0.3 is 11.9 Å². The van der Waals surface area contributed by atoms with E-state index in [0.717, 1.165) is 0 Å². The molecule has 7 heteroatoms. The average Bonchev–Trinajstić information content (AvgIpc) is 3.09. The SMILES string of the molecule is CCOC(=O)c1cnc2cc(Cl)ccc2c1OC(=O)c1ccco1. The van der Waals surface area contributed by atoms with Crippen LogP contribution in [0.15, 0.2) is 47.2 Å². The maximum absolute atomic E-state index is 12.2. The van der Waals surface area contributed by atoms with E-state index < -0.39 is 11.9 Å². The van der Waals surface area contributed by atoms with Crippen LogP contribution in [0.2, 0.25) is 5.02 Å². The van der Waals surface area contributed by atoms with E-state index in [1.807, 2.05) is 0 Å². The molecule has 0 N–H and O–H groups in total. The summed E-state index contributed by atoms with van der Waals surface area (Å²) in [6.45, 7) is 1.86. The highest BCUT2D eigenvalue weighted by Gasteiger charge is 2.22. The molecule has 0 spiro atoms. The summed E-state index contributed by atoms with van der Waals surface area (Å²) in [5.41, 5.74) is 0.532. The third kappa shape index (κ3) is 3.09. The van der Waals surface area contributed by atoms with Gasteiger partial charge in [0.25, 0.3) is 0 Å². The van der Waals surface area contributed by atoms with Crippen molar-refractivity contribution in [2.45, 2.75) is 6.92 Å². The van der Waals surface area contributed by atoms with Crippen molar-refractivity contribution in [3.05, 3.63) is 59.1 Å². The van der Waals surface area contributed by atoms with Crippen molar-refractivity contribution in [2.24, 2.45) is 0 Å². The highest BCUT2D eigenvalue weighted by Crippen LogP contribution is 2.31. The first-order chi connectivity index (χ1) is 11.6. The van der Waals surface area contributed by atoms with Gasteiger partial charge in [-0.05, 0) is 37.3 Å². The third-order valence-corrected chi connectivity index (χ3v) is 3.43. The van der Waals surface area contributed by atoms with Crippen molar-refractivity contribution in [1.29, 1.82) is 0 Å². The van der Waals surface area contributed by atoms with Crippen LogP contribution in [0.1, 0.15) is 27.8 Å². The van der Waals surface area contributed by atoms with Gasteiger partial charge in [-0.2, -0.15) is 0 Å². The Morgan fingerprint density at radius 1 is 1.25 bits per heavy atom. The van der Waals surface area contributed by atoms with Gasteiger partial charge in [-0.3, -0.25) is 4.98 Å². The smallest absolute Gasteiger partial charge is 0.379 e. The Kier molecular flexibility index (Phi) is 4.48. The Balaban J connectivity index is 2.11. The topological polar surface area (TPSA) is 78.6 Å². The van der Waals surface area contributed by atoms with Gasteiger partial charge in [0.2, 0.25) is 5.76 Å². The number of pyridine rings is 1. The van der Waals surface area contributed by atoms with Crippen molar-refractivity contribution in [1.82, 2.24) is 4.98 Å². The molecule has 1 aromatic carbocycles. The lowest BCUT2D eigenvalue weighted by molar-refractivity contribution is 0.0519. The second-order valence-corrected chi connectivity index (χ2v) is 5.19. The molecule has 3 aromatic rings. The number of ether oxygens (including phenoxy) is 2. The number of furan rings is 1.